The Morgan fingerprint density at radius 1 is 1.33 bits per heavy atom. The Kier molecular flexibility index (Phi) is 5.85. The van der Waals surface area contributed by atoms with E-state index in [1.54, 1.807) is 0 Å². The molecular weight excluding hydrogens is 424 g/mol. The van der Waals surface area contributed by atoms with Crippen LogP contribution >= 0.6 is 11.3 Å². The normalized spacial score (nSPS) is 18.0. The fourth-order valence-corrected chi connectivity index (χ4v) is 3.82. The van der Waals surface area contributed by atoms with Crippen molar-refractivity contribution in [3.05, 3.63) is 45.0 Å². The van der Waals surface area contributed by atoms with Crippen LogP contribution in [0.25, 0.3) is 0 Å². The molecule has 3 rings (SSSR count). The molecule has 0 saturated carbocycles. The molecule has 1 aromatic heterocycles. The number of carbonyl (C=O) groups is 2. The lowest BCUT2D eigenvalue weighted by Crippen LogP contribution is -2.33. The molecule has 1 atom stereocenters. The quantitative estimate of drug-likeness (QED) is 0.737. The Morgan fingerprint density at radius 3 is 2.60 bits per heavy atom. The zero-order chi connectivity index (χ0) is 22.3. The number of benzene rings is 1. The molecule has 1 N–H and O–H groups in total. The van der Waals surface area contributed by atoms with Gasteiger partial charge in [-0.3, -0.25) is 9.59 Å². The minimum Gasteiger partial charge on any atom is -0.351 e. The zero-order valence-corrected chi connectivity index (χ0v) is 17.3. The average Bonchev–Trinajstić information content (AvgIpc) is 3.20. The van der Waals surface area contributed by atoms with Gasteiger partial charge in [0.05, 0.1) is 17.7 Å². The van der Waals surface area contributed by atoms with Crippen molar-refractivity contribution >= 4 is 23.2 Å². The van der Waals surface area contributed by atoms with Crippen molar-refractivity contribution in [2.75, 3.05) is 0 Å². The van der Waals surface area contributed by atoms with Gasteiger partial charge in [0.25, 0.3) is 5.91 Å². The lowest BCUT2D eigenvalue weighted by Gasteiger charge is -2.13. The van der Waals surface area contributed by atoms with Gasteiger partial charge in [0.1, 0.15) is 10.8 Å². The molecule has 0 spiro atoms. The molecule has 11 heteroatoms. The first-order chi connectivity index (χ1) is 13.8. The largest absolute Gasteiger partial charge is 0.416 e. The maximum Gasteiger partial charge on any atom is 0.416 e. The summed E-state index contributed by atoms with van der Waals surface area (Å²) in [6, 6.07) is 1.42. The maximum absolute atomic E-state index is 14.1. The van der Waals surface area contributed by atoms with E-state index in [2.05, 4.69) is 15.4 Å². The molecule has 2 heterocycles. The van der Waals surface area contributed by atoms with Gasteiger partial charge in [-0.15, -0.1) is 0 Å². The van der Waals surface area contributed by atoms with Crippen LogP contribution in [0, 0.1) is 5.82 Å². The highest BCUT2D eigenvalue weighted by atomic mass is 32.1. The predicted molar refractivity (Wildman–Crippen MR) is 101 cm³/mol. The number of hydrogen-bond acceptors (Lipinski definition) is 4. The molecule has 1 aromatic carbocycles. The lowest BCUT2D eigenvalue weighted by molar-refractivity contribution is -0.137. The number of nitrogens with zero attached hydrogens (tertiary/aromatic N) is 3. The van der Waals surface area contributed by atoms with E-state index in [1.165, 1.54) is 4.68 Å². The fourth-order valence-electron chi connectivity index (χ4n) is 2.85. The summed E-state index contributed by atoms with van der Waals surface area (Å²) in [7, 11) is 0. The number of carbonyl (C=O) groups excluding carboxylic acids is 2. The molecule has 0 aliphatic carbocycles. The van der Waals surface area contributed by atoms with Gasteiger partial charge in [0, 0.05) is 17.9 Å². The van der Waals surface area contributed by atoms with Crippen molar-refractivity contribution < 1.29 is 27.2 Å². The molecule has 2 amide bonds. The molecule has 1 unspecified atom stereocenters. The van der Waals surface area contributed by atoms with Crippen LogP contribution in [0.5, 0.6) is 0 Å². The Balaban J connectivity index is 2.02. The minimum absolute atomic E-state index is 0.0903. The van der Waals surface area contributed by atoms with Crippen molar-refractivity contribution in [2.24, 2.45) is 4.99 Å². The second kappa shape index (κ2) is 7.93. The van der Waals surface area contributed by atoms with Gasteiger partial charge in [-0.2, -0.15) is 23.3 Å². The van der Waals surface area contributed by atoms with E-state index in [0.29, 0.717) is 36.0 Å². The van der Waals surface area contributed by atoms with E-state index >= 15 is 0 Å². The molecule has 162 valence electrons. The van der Waals surface area contributed by atoms with E-state index < -0.39 is 29.0 Å². The highest BCUT2D eigenvalue weighted by Crippen LogP contribution is 2.30. The predicted octanol–water partition coefficient (Wildman–Crippen LogP) is 3.42. The monoisotopic (exact) mass is 444 g/mol. The lowest BCUT2D eigenvalue weighted by atomic mass is 9.98. The Labute approximate surface area is 173 Å². The van der Waals surface area contributed by atoms with Crippen LogP contribution in [0.4, 0.5) is 17.6 Å². The summed E-state index contributed by atoms with van der Waals surface area (Å²) in [6.07, 6.45) is -3.75. The molecule has 1 aliphatic rings. The van der Waals surface area contributed by atoms with Gasteiger partial charge in [-0.25, -0.2) is 9.07 Å². The van der Waals surface area contributed by atoms with E-state index in [9.17, 15) is 27.2 Å². The van der Waals surface area contributed by atoms with Gasteiger partial charge >= 0.3 is 6.18 Å². The van der Waals surface area contributed by atoms with Crippen molar-refractivity contribution in [1.82, 2.24) is 15.1 Å². The van der Waals surface area contributed by atoms with Crippen LogP contribution in [0.2, 0.25) is 0 Å². The number of hydrogen-bond donors (Lipinski definition) is 1. The Bertz CT molecular complexity index is 1050. The van der Waals surface area contributed by atoms with Crippen LogP contribution in [0.15, 0.2) is 23.2 Å². The molecule has 1 fully saturated rings. The van der Waals surface area contributed by atoms with E-state index in [0.717, 1.165) is 11.3 Å². The maximum atomic E-state index is 14.1. The Hall–Kier alpha value is -2.56. The van der Waals surface area contributed by atoms with Crippen molar-refractivity contribution in [1.29, 1.82) is 0 Å². The van der Waals surface area contributed by atoms with Gasteiger partial charge in [-0.1, -0.05) is 32.1 Å². The third-order valence-corrected chi connectivity index (χ3v) is 5.83. The summed E-state index contributed by atoms with van der Waals surface area (Å²) in [5, 5.41) is 7.89. The standard InChI is InChI=1S/C19H20F4N4O2S/c1-18(2,3)16-26-27(9-11-5-7-14(28)24-11)17(30-16)25-15(29)12-8-10(19(21,22)23)4-6-13(12)20/h4,6,8,11H,5,7,9H2,1-3H3,(H,24,28). The van der Waals surface area contributed by atoms with Crippen LogP contribution in [0.3, 0.4) is 0 Å². The number of halogens is 4. The number of aromatic nitrogens is 2. The molecule has 1 saturated heterocycles. The zero-order valence-electron chi connectivity index (χ0n) is 16.5. The van der Waals surface area contributed by atoms with Crippen molar-refractivity contribution in [3.63, 3.8) is 0 Å². The average molecular weight is 444 g/mol. The first-order valence-electron chi connectivity index (χ1n) is 9.18. The molecular formula is C19H20F4N4O2S. The number of alkyl halides is 3. The third-order valence-electron chi connectivity index (χ3n) is 4.46. The van der Waals surface area contributed by atoms with E-state index in [1.807, 2.05) is 20.8 Å². The van der Waals surface area contributed by atoms with Crippen LogP contribution in [-0.4, -0.2) is 27.6 Å². The summed E-state index contributed by atoms with van der Waals surface area (Å²) in [4.78, 5) is 28.0. The van der Waals surface area contributed by atoms with Gasteiger partial charge in [-0.05, 0) is 24.6 Å². The van der Waals surface area contributed by atoms with Crippen molar-refractivity contribution in [3.8, 4) is 0 Å². The van der Waals surface area contributed by atoms with Gasteiger partial charge < -0.3 is 5.32 Å². The topological polar surface area (TPSA) is 76.3 Å². The molecule has 1 aliphatic heterocycles. The molecule has 6 nitrogen and oxygen atoms in total. The van der Waals surface area contributed by atoms with E-state index in [-0.39, 0.29) is 28.7 Å². The van der Waals surface area contributed by atoms with Crippen LogP contribution < -0.4 is 10.1 Å². The number of amides is 2. The Morgan fingerprint density at radius 2 is 2.03 bits per heavy atom. The number of rotatable bonds is 3. The smallest absolute Gasteiger partial charge is 0.351 e. The SMILES string of the molecule is CC(C)(C)c1nn(CC2CCC(=O)N2)c(=NC(=O)c2cc(C(F)(F)F)ccc2F)s1. The summed E-state index contributed by atoms with van der Waals surface area (Å²) in [5.74, 6) is -2.31. The summed E-state index contributed by atoms with van der Waals surface area (Å²) >= 11 is 1.10. The van der Waals surface area contributed by atoms with Gasteiger partial charge in [0.15, 0.2) is 0 Å². The highest BCUT2D eigenvalue weighted by molar-refractivity contribution is 7.09. The highest BCUT2D eigenvalue weighted by Gasteiger charge is 2.32. The van der Waals surface area contributed by atoms with Gasteiger partial charge in [0.2, 0.25) is 10.7 Å². The third kappa shape index (κ3) is 4.94. The molecule has 0 bridgehead atoms. The minimum atomic E-state index is -4.72. The van der Waals surface area contributed by atoms with Crippen LogP contribution in [-0.2, 0) is 22.9 Å². The molecule has 0 radical (unpaired) electrons. The summed E-state index contributed by atoms with van der Waals surface area (Å²) in [6.45, 7) is 5.97. The molecule has 30 heavy (non-hydrogen) atoms. The molecule has 2 aromatic rings. The first-order valence-corrected chi connectivity index (χ1v) is 10.00. The first kappa shape index (κ1) is 22.1. The summed E-state index contributed by atoms with van der Waals surface area (Å²) in [5.41, 5.74) is -2.27. The summed E-state index contributed by atoms with van der Waals surface area (Å²) < 4.78 is 54.3. The fraction of sp³-hybridized carbons (Fsp3) is 0.474. The van der Waals surface area contributed by atoms with E-state index in [4.69, 9.17) is 0 Å². The second-order valence-corrected chi connectivity index (χ2v) is 8.99. The second-order valence-electron chi connectivity index (χ2n) is 8.03. The van der Waals surface area contributed by atoms with Crippen molar-refractivity contribution in [2.45, 2.75) is 57.8 Å². The number of nitrogens with one attached hydrogen (secondary N) is 1. The van der Waals surface area contributed by atoms with Crippen LogP contribution in [0.1, 0.15) is 54.5 Å².